The maximum absolute atomic E-state index is 7.00. The van der Waals surface area contributed by atoms with Crippen molar-refractivity contribution in [1.82, 2.24) is 0 Å². The summed E-state index contributed by atoms with van der Waals surface area (Å²) in [6.07, 6.45) is 17.3. The Bertz CT molecular complexity index is 2040. The summed E-state index contributed by atoms with van der Waals surface area (Å²) in [6.45, 7) is 47.5. The molecule has 0 spiro atoms. The van der Waals surface area contributed by atoms with Crippen LogP contribution in [-0.4, -0.2) is 46.8 Å². The molecule has 2 aliphatic carbocycles. The predicted octanol–water partition coefficient (Wildman–Crippen LogP) is 21.0. The average Bonchev–Trinajstić information content (AvgIpc) is 3.40. The Kier molecular flexibility index (Phi) is 36.8. The molecule has 6 heteroatoms. The maximum Gasteiger partial charge on any atom is 0.120 e. The van der Waals surface area contributed by atoms with Crippen molar-refractivity contribution in [1.29, 1.82) is 0 Å². The van der Waals surface area contributed by atoms with Crippen molar-refractivity contribution < 1.29 is 29.2 Å². The molecule has 6 rings (SSSR count). The molecule has 0 heterocycles. The first-order chi connectivity index (χ1) is 35.7. The summed E-state index contributed by atoms with van der Waals surface area (Å²) in [5, 5.41) is 14.0. The molecule has 0 bridgehead atoms. The molecule has 76 heavy (non-hydrogen) atoms. The molecule has 0 aliphatic heterocycles. The lowest BCUT2D eigenvalue weighted by atomic mass is 9.82. The van der Waals surface area contributed by atoms with Gasteiger partial charge in [-0.1, -0.05) is 158 Å². The van der Waals surface area contributed by atoms with Crippen molar-refractivity contribution in [2.24, 2.45) is 0 Å². The maximum atomic E-state index is 7.00. The highest BCUT2D eigenvalue weighted by atomic mass is 16.5. The highest BCUT2D eigenvalue weighted by molar-refractivity contribution is 5.35. The molecule has 0 saturated heterocycles. The zero-order chi connectivity index (χ0) is 58.8. The summed E-state index contributed by atoms with van der Waals surface area (Å²) in [7, 11) is 2.00. The van der Waals surface area contributed by atoms with E-state index in [-0.39, 0.29) is 33.2 Å². The zero-order valence-corrected chi connectivity index (χ0v) is 53.8. The first-order valence-corrected chi connectivity index (χ1v) is 29.8. The van der Waals surface area contributed by atoms with Crippen molar-refractivity contribution in [3.05, 3.63) is 119 Å². The Hall–Kier alpha value is -4.00. The van der Waals surface area contributed by atoms with Crippen LogP contribution in [0.15, 0.2) is 97.1 Å². The van der Waals surface area contributed by atoms with E-state index in [1.54, 1.807) is 0 Å². The van der Waals surface area contributed by atoms with Gasteiger partial charge in [0.05, 0.1) is 0 Å². The van der Waals surface area contributed by atoms with Gasteiger partial charge in [-0.15, -0.1) is 0 Å². The molecule has 2 unspecified atom stereocenters. The lowest BCUT2D eigenvalue weighted by Gasteiger charge is -2.35. The highest BCUT2D eigenvalue weighted by Crippen LogP contribution is 2.37. The lowest BCUT2D eigenvalue weighted by molar-refractivity contribution is 0.0483. The monoisotopic (exact) mass is 1060 g/mol. The molecule has 6 nitrogen and oxygen atoms in total. The summed E-state index contributed by atoms with van der Waals surface area (Å²) in [5.41, 5.74) is 5.80. The summed E-state index contributed by atoms with van der Waals surface area (Å²) in [5.74, 6) is 5.26. The second-order valence-corrected chi connectivity index (χ2v) is 23.9. The Morgan fingerprint density at radius 3 is 1.01 bits per heavy atom. The summed E-state index contributed by atoms with van der Waals surface area (Å²) >= 11 is 0. The van der Waals surface area contributed by atoms with Crippen molar-refractivity contribution in [3.63, 3.8) is 0 Å². The van der Waals surface area contributed by atoms with Gasteiger partial charge in [0.2, 0.25) is 0 Å². The van der Waals surface area contributed by atoms with E-state index >= 15 is 0 Å². The number of rotatable bonds is 14. The fourth-order valence-corrected chi connectivity index (χ4v) is 8.69. The fourth-order valence-electron chi connectivity index (χ4n) is 8.69. The van der Waals surface area contributed by atoms with Gasteiger partial charge in [-0.05, 0) is 226 Å². The van der Waals surface area contributed by atoms with E-state index in [0.29, 0.717) is 11.8 Å². The molecule has 0 aromatic heterocycles. The van der Waals surface area contributed by atoms with Crippen molar-refractivity contribution in [2.45, 2.75) is 287 Å². The molecule has 2 saturated carbocycles. The second-order valence-electron chi connectivity index (χ2n) is 23.9. The number of aliphatic hydroxyl groups excluding tert-OH is 2. The Balaban J connectivity index is 0. The van der Waals surface area contributed by atoms with E-state index in [0.717, 1.165) is 50.1 Å². The fraction of sp³-hybridized carbons (Fsp3) is 0.657. The molecule has 2 N–H and O–H groups in total. The van der Waals surface area contributed by atoms with Crippen LogP contribution in [0.3, 0.4) is 0 Å². The molecule has 4 aromatic carbocycles. The van der Waals surface area contributed by atoms with Gasteiger partial charge in [0.25, 0.3) is 0 Å². The predicted molar refractivity (Wildman–Crippen MR) is 334 cm³/mol. The van der Waals surface area contributed by atoms with Gasteiger partial charge in [0.15, 0.2) is 0 Å². The zero-order valence-electron chi connectivity index (χ0n) is 53.8. The van der Waals surface area contributed by atoms with Gasteiger partial charge in [-0.2, -0.15) is 0 Å². The summed E-state index contributed by atoms with van der Waals surface area (Å²) < 4.78 is 24.3. The van der Waals surface area contributed by atoms with E-state index < -0.39 is 0 Å². The molecular formula is C70H120O6. The minimum atomic E-state index is -0.130. The van der Waals surface area contributed by atoms with Gasteiger partial charge < -0.3 is 29.2 Å². The van der Waals surface area contributed by atoms with Gasteiger partial charge in [-0.3, -0.25) is 0 Å². The van der Waals surface area contributed by atoms with Crippen LogP contribution in [0.4, 0.5) is 0 Å². The van der Waals surface area contributed by atoms with E-state index in [4.69, 9.17) is 29.2 Å². The summed E-state index contributed by atoms with van der Waals surface area (Å²) in [6, 6.07) is 34.2. The van der Waals surface area contributed by atoms with Crippen LogP contribution in [-0.2, 0) is 10.8 Å². The van der Waals surface area contributed by atoms with Crippen LogP contribution >= 0.6 is 0 Å². The van der Waals surface area contributed by atoms with E-state index in [9.17, 15) is 0 Å². The molecule has 2 aliphatic rings. The second kappa shape index (κ2) is 37.7. The number of benzene rings is 4. The van der Waals surface area contributed by atoms with Gasteiger partial charge >= 0.3 is 0 Å². The van der Waals surface area contributed by atoms with Gasteiger partial charge in [0.1, 0.15) is 45.4 Å². The standard InChI is InChI=1S/C18H28O.C17H26O.C15H24O.C14H22O.2C2H6.2CH4O/c1-5-17(2,3)15-10-9-11-16(14-15)19-18(4)12-7-6-8-13-18;1-4-14(2)15-9-8-10-16(13-15)18-17(3)11-6-5-7-12-17;1-7-15(5,6)12-9-8-10-13(11-12)16-14(2,3)4;1-6-11(2)12-8-7-9-13(10-12)15-14(3,4)5;4*1-2/h9-11,14H,5-8,12-13H2,1-4H3;8-10,13-14H,4-7,11-12H2,1-3H3;8-11H,7H2,1-6H3;7-11H,6H2,1-5H3;2*1-2H3;2*2H,1H3. The third-order valence-electron chi connectivity index (χ3n) is 14.5. The highest BCUT2D eigenvalue weighted by Gasteiger charge is 2.30. The Labute approximate surface area is 470 Å². The number of hydrogen-bond donors (Lipinski definition) is 2. The average molecular weight is 1060 g/mol. The van der Waals surface area contributed by atoms with Gasteiger partial charge in [0, 0.05) is 14.2 Å². The number of hydrogen-bond acceptors (Lipinski definition) is 6. The van der Waals surface area contributed by atoms with Crippen LogP contribution < -0.4 is 18.9 Å². The first-order valence-electron chi connectivity index (χ1n) is 29.8. The Morgan fingerprint density at radius 1 is 0.421 bits per heavy atom. The number of aliphatic hydroxyl groups is 2. The van der Waals surface area contributed by atoms with Gasteiger partial charge in [-0.25, -0.2) is 0 Å². The van der Waals surface area contributed by atoms with Crippen LogP contribution in [0, 0.1) is 0 Å². The SMILES string of the molecule is CC.CC.CCC(C)(C)c1cccc(OC(C)(C)C)c1.CCC(C)(C)c1cccc(OC2(C)CCCCC2)c1.CCC(C)c1cccc(OC(C)(C)C)c1.CCC(C)c1cccc(OC2(C)CCCCC2)c1.CO.CO. The third kappa shape index (κ3) is 29.7. The molecule has 436 valence electrons. The first kappa shape index (κ1) is 74.1. The minimum Gasteiger partial charge on any atom is -0.488 e. The van der Waals surface area contributed by atoms with Crippen LogP contribution in [0.2, 0.25) is 0 Å². The minimum absolute atomic E-state index is 0.0488. The molecule has 2 fully saturated rings. The molecule has 0 radical (unpaired) electrons. The molecule has 0 amide bonds. The van der Waals surface area contributed by atoms with Crippen LogP contribution in [0.1, 0.15) is 276 Å². The quantitative estimate of drug-likeness (QED) is 0.131. The third-order valence-corrected chi connectivity index (χ3v) is 14.5. The molecule has 4 aromatic rings. The Morgan fingerprint density at radius 2 is 0.697 bits per heavy atom. The van der Waals surface area contributed by atoms with Crippen molar-refractivity contribution in [2.75, 3.05) is 14.2 Å². The van der Waals surface area contributed by atoms with Crippen LogP contribution in [0.5, 0.6) is 23.0 Å². The van der Waals surface area contributed by atoms with E-state index in [1.165, 1.54) is 99.3 Å². The van der Waals surface area contributed by atoms with E-state index in [1.807, 2.05) is 39.8 Å². The van der Waals surface area contributed by atoms with Crippen molar-refractivity contribution in [3.8, 4) is 23.0 Å². The van der Waals surface area contributed by atoms with E-state index in [2.05, 4.69) is 210 Å². The molecular weight excluding hydrogens is 937 g/mol. The normalized spacial score (nSPS) is 15.3. The number of ether oxygens (including phenoxy) is 4. The summed E-state index contributed by atoms with van der Waals surface area (Å²) in [4.78, 5) is 0. The smallest absolute Gasteiger partial charge is 0.120 e. The lowest BCUT2D eigenvalue weighted by Crippen LogP contribution is -2.34. The van der Waals surface area contributed by atoms with Crippen LogP contribution in [0.25, 0.3) is 0 Å². The largest absolute Gasteiger partial charge is 0.488 e. The topological polar surface area (TPSA) is 77.4 Å². The molecule has 2 atom stereocenters. The van der Waals surface area contributed by atoms with Crippen molar-refractivity contribution >= 4 is 0 Å².